The van der Waals surface area contributed by atoms with E-state index in [0.29, 0.717) is 23.1 Å². The molecule has 0 saturated carbocycles. The first-order chi connectivity index (χ1) is 16.9. The summed E-state index contributed by atoms with van der Waals surface area (Å²) in [6.07, 6.45) is 0. The molecule has 1 aliphatic heterocycles. The topological polar surface area (TPSA) is 98.5 Å². The Morgan fingerprint density at radius 1 is 1.06 bits per heavy atom. The third kappa shape index (κ3) is 4.48. The number of primary amides is 1. The Balaban J connectivity index is 1.51. The second-order valence-electron chi connectivity index (χ2n) is 8.40. The fourth-order valence-electron chi connectivity index (χ4n) is 4.25. The molecule has 1 unspecified atom stereocenters. The Bertz CT molecular complexity index is 1470. The van der Waals surface area contributed by atoms with Gasteiger partial charge >= 0.3 is 5.69 Å². The number of benzene rings is 3. The van der Waals surface area contributed by atoms with E-state index >= 15 is 0 Å². The van der Waals surface area contributed by atoms with Crippen LogP contribution in [0.2, 0.25) is 5.02 Å². The molecule has 1 amide bonds. The quantitative estimate of drug-likeness (QED) is 0.451. The number of nitrogens with two attached hydrogens (primary N) is 1. The van der Waals surface area contributed by atoms with Crippen molar-refractivity contribution in [2.45, 2.75) is 12.5 Å². The number of halogens is 1. The van der Waals surface area contributed by atoms with E-state index in [1.54, 1.807) is 30.3 Å². The third-order valence-corrected chi connectivity index (χ3v) is 6.30. The zero-order valence-electron chi connectivity index (χ0n) is 19.0. The van der Waals surface area contributed by atoms with Gasteiger partial charge in [-0.15, -0.1) is 5.10 Å². The maximum absolute atomic E-state index is 13.0. The normalized spacial score (nSPS) is 15.3. The Hall–Kier alpha value is -4.17. The molecule has 9 heteroatoms. The van der Waals surface area contributed by atoms with Gasteiger partial charge in [0, 0.05) is 23.6 Å². The van der Waals surface area contributed by atoms with Gasteiger partial charge in [-0.2, -0.15) is 5.10 Å². The molecular weight excluding hydrogens is 464 g/mol. The first-order valence-corrected chi connectivity index (χ1v) is 11.5. The average molecular weight is 487 g/mol. The van der Waals surface area contributed by atoms with Crippen molar-refractivity contribution in [3.63, 3.8) is 0 Å². The molecule has 0 aliphatic carbocycles. The minimum absolute atomic E-state index is 0.00937. The monoisotopic (exact) mass is 486 g/mol. The first kappa shape index (κ1) is 22.6. The van der Waals surface area contributed by atoms with Crippen molar-refractivity contribution < 1.29 is 4.79 Å². The molecule has 0 fully saturated rings. The van der Waals surface area contributed by atoms with Gasteiger partial charge in [0.25, 0.3) is 0 Å². The molecule has 2 N–H and O–H groups in total. The number of nitrogens with zero attached hydrogens (tertiary/aromatic N) is 5. The number of aromatic nitrogens is 3. The number of rotatable bonds is 6. The second kappa shape index (κ2) is 9.23. The van der Waals surface area contributed by atoms with Gasteiger partial charge in [-0.05, 0) is 41.0 Å². The summed E-state index contributed by atoms with van der Waals surface area (Å²) in [5.41, 5.74) is 9.20. The highest BCUT2D eigenvalue weighted by atomic mass is 35.5. The van der Waals surface area contributed by atoms with Gasteiger partial charge in [-0.1, -0.05) is 66.2 Å². The van der Waals surface area contributed by atoms with Gasteiger partial charge in [0.1, 0.15) is 0 Å². The number of carbonyl (C=O) groups excluding carboxylic acids is 1. The highest BCUT2D eigenvalue weighted by Gasteiger charge is 2.32. The largest absolute Gasteiger partial charge is 0.366 e. The van der Waals surface area contributed by atoms with Crippen LogP contribution in [0.15, 0.2) is 88.8 Å². The highest BCUT2D eigenvalue weighted by Crippen LogP contribution is 2.31. The van der Waals surface area contributed by atoms with Crippen LogP contribution in [0.25, 0.3) is 0 Å². The zero-order chi connectivity index (χ0) is 24.5. The number of hydrazone groups is 1. The zero-order valence-corrected chi connectivity index (χ0v) is 19.8. The summed E-state index contributed by atoms with van der Waals surface area (Å²) in [5.74, 6) is -0.0928. The van der Waals surface area contributed by atoms with Gasteiger partial charge in [0.2, 0.25) is 11.9 Å². The molecule has 0 spiro atoms. The summed E-state index contributed by atoms with van der Waals surface area (Å²) >= 11 is 6.10. The van der Waals surface area contributed by atoms with Gasteiger partial charge in [0.15, 0.2) is 0 Å². The standard InChI is InChI=1S/C26H23ClN6O2/c1-31-25(30-33(26(31)35)15-17-6-5-9-20(14-17)24(28)34)32-16-22(18-7-3-2-4-8-18)23(29-32)19-10-12-21(27)13-11-19/h2-14,22H,15-16H2,1H3,(H2,28,34). The summed E-state index contributed by atoms with van der Waals surface area (Å²) in [6.45, 7) is 0.737. The molecule has 3 aromatic carbocycles. The fourth-order valence-corrected chi connectivity index (χ4v) is 4.38. The number of hydrogen-bond donors (Lipinski definition) is 1. The predicted octanol–water partition coefficient (Wildman–Crippen LogP) is 3.39. The highest BCUT2D eigenvalue weighted by molar-refractivity contribution is 6.30. The van der Waals surface area contributed by atoms with E-state index in [1.165, 1.54) is 9.25 Å². The van der Waals surface area contributed by atoms with Gasteiger partial charge in [0.05, 0.1) is 18.8 Å². The van der Waals surface area contributed by atoms with E-state index in [-0.39, 0.29) is 18.2 Å². The van der Waals surface area contributed by atoms with E-state index in [1.807, 2.05) is 48.5 Å². The second-order valence-corrected chi connectivity index (χ2v) is 8.84. The summed E-state index contributed by atoms with van der Waals surface area (Å²) < 4.78 is 2.84. The lowest BCUT2D eigenvalue weighted by atomic mass is 9.91. The van der Waals surface area contributed by atoms with Gasteiger partial charge in [-0.3, -0.25) is 9.36 Å². The molecular formula is C26H23ClN6O2. The Morgan fingerprint density at radius 2 is 1.80 bits per heavy atom. The molecule has 2 heterocycles. The maximum atomic E-state index is 13.0. The van der Waals surface area contributed by atoms with Crippen molar-refractivity contribution in [3.05, 3.63) is 117 Å². The summed E-state index contributed by atoms with van der Waals surface area (Å²) in [4.78, 5) is 24.5. The van der Waals surface area contributed by atoms with Crippen LogP contribution in [-0.4, -0.2) is 32.5 Å². The average Bonchev–Trinajstić information content (AvgIpc) is 3.42. The summed E-state index contributed by atoms with van der Waals surface area (Å²) in [7, 11) is 1.67. The molecule has 0 saturated heterocycles. The first-order valence-electron chi connectivity index (χ1n) is 11.1. The van der Waals surface area contributed by atoms with Crippen LogP contribution in [0.3, 0.4) is 0 Å². The smallest absolute Gasteiger partial charge is 0.347 e. The van der Waals surface area contributed by atoms with Crippen molar-refractivity contribution in [2.75, 3.05) is 11.6 Å². The van der Waals surface area contributed by atoms with Crippen LogP contribution in [0.5, 0.6) is 0 Å². The van der Waals surface area contributed by atoms with Crippen LogP contribution >= 0.6 is 11.6 Å². The van der Waals surface area contributed by atoms with E-state index < -0.39 is 5.91 Å². The van der Waals surface area contributed by atoms with Crippen LogP contribution in [0, 0.1) is 0 Å². The van der Waals surface area contributed by atoms with E-state index in [4.69, 9.17) is 22.4 Å². The molecule has 1 atom stereocenters. The molecule has 35 heavy (non-hydrogen) atoms. The minimum Gasteiger partial charge on any atom is -0.366 e. The van der Waals surface area contributed by atoms with Crippen LogP contribution in [0.1, 0.15) is 33.0 Å². The Labute approximate surface area is 206 Å². The van der Waals surface area contributed by atoms with Gasteiger partial charge < -0.3 is 5.73 Å². The molecule has 0 radical (unpaired) electrons. The molecule has 4 aromatic rings. The number of amides is 1. The summed E-state index contributed by atoms with van der Waals surface area (Å²) in [5, 5.41) is 11.9. The lowest BCUT2D eigenvalue weighted by molar-refractivity contribution is 0.1000. The lowest BCUT2D eigenvalue weighted by Crippen LogP contribution is -2.25. The fraction of sp³-hybridized carbons (Fsp3) is 0.154. The van der Waals surface area contributed by atoms with E-state index in [0.717, 1.165) is 22.4 Å². The Kier molecular flexibility index (Phi) is 5.96. The van der Waals surface area contributed by atoms with Gasteiger partial charge in [-0.25, -0.2) is 14.5 Å². The predicted molar refractivity (Wildman–Crippen MR) is 136 cm³/mol. The number of carbonyl (C=O) groups is 1. The minimum atomic E-state index is -0.519. The summed E-state index contributed by atoms with van der Waals surface area (Å²) in [6, 6.07) is 24.6. The van der Waals surface area contributed by atoms with Crippen molar-refractivity contribution in [3.8, 4) is 0 Å². The van der Waals surface area contributed by atoms with Crippen molar-refractivity contribution in [2.24, 2.45) is 17.9 Å². The van der Waals surface area contributed by atoms with Crippen LogP contribution in [-0.2, 0) is 13.6 Å². The van der Waals surface area contributed by atoms with Crippen LogP contribution in [0.4, 0.5) is 5.95 Å². The van der Waals surface area contributed by atoms with Crippen LogP contribution < -0.4 is 16.4 Å². The Morgan fingerprint density at radius 3 is 2.51 bits per heavy atom. The molecule has 176 valence electrons. The molecule has 1 aromatic heterocycles. The van der Waals surface area contributed by atoms with Crippen molar-refractivity contribution in [1.29, 1.82) is 0 Å². The third-order valence-electron chi connectivity index (χ3n) is 6.05. The van der Waals surface area contributed by atoms with E-state index in [9.17, 15) is 9.59 Å². The number of hydrogen-bond acceptors (Lipinski definition) is 5. The van der Waals surface area contributed by atoms with E-state index in [2.05, 4.69) is 17.2 Å². The molecule has 0 bridgehead atoms. The molecule has 5 rings (SSSR count). The molecule has 1 aliphatic rings. The van der Waals surface area contributed by atoms with Crippen molar-refractivity contribution in [1.82, 2.24) is 14.3 Å². The lowest BCUT2D eigenvalue weighted by Gasteiger charge is -2.15. The molecule has 8 nitrogen and oxygen atoms in total. The maximum Gasteiger partial charge on any atom is 0.347 e. The number of anilines is 1. The van der Waals surface area contributed by atoms with Crippen molar-refractivity contribution >= 4 is 29.2 Å². The SMILES string of the molecule is Cn1c(N2CC(c3ccccc3)C(c3ccc(Cl)cc3)=N2)nn(Cc2cccc(C(N)=O)c2)c1=O.